The van der Waals surface area contributed by atoms with E-state index >= 15 is 0 Å². The molecule has 0 unspecified atom stereocenters. The van der Waals surface area contributed by atoms with E-state index in [0.717, 1.165) is 4.90 Å². The smallest absolute Gasteiger partial charge is 0.335 e. The Morgan fingerprint density at radius 2 is 1.82 bits per heavy atom. The van der Waals surface area contributed by atoms with Crippen LogP contribution >= 0.6 is 15.9 Å². The molecule has 0 N–H and O–H groups in total. The molecule has 0 saturated heterocycles. The van der Waals surface area contributed by atoms with Crippen molar-refractivity contribution < 1.29 is 23.0 Å². The highest BCUT2D eigenvalue weighted by Gasteiger charge is 2.41. The van der Waals surface area contributed by atoms with Crippen LogP contribution in [0.3, 0.4) is 0 Å². The van der Waals surface area contributed by atoms with Gasteiger partial charge in [-0.15, -0.1) is 0 Å². The lowest BCUT2D eigenvalue weighted by Gasteiger charge is -2.27. The molecule has 0 atom stereocenters. The minimum atomic E-state index is -5.08. The molecule has 28 heavy (non-hydrogen) atoms. The highest BCUT2D eigenvalue weighted by atomic mass is 79.9. The maximum Gasteiger partial charge on any atom is 0.418 e. The van der Waals surface area contributed by atoms with Crippen LogP contribution < -0.4 is 4.90 Å². The Hall–Kier alpha value is -3.20. The lowest BCUT2D eigenvalue weighted by molar-refractivity contribution is -0.394. The number of benzene rings is 2. The van der Waals surface area contributed by atoms with Gasteiger partial charge in [-0.3, -0.25) is 20.2 Å². The predicted octanol–water partition coefficient (Wildman–Crippen LogP) is 5.31. The number of halogens is 4. The van der Waals surface area contributed by atoms with Crippen LogP contribution in [0.15, 0.2) is 34.8 Å². The largest absolute Gasteiger partial charge is 0.418 e. The van der Waals surface area contributed by atoms with Gasteiger partial charge in [-0.1, -0.05) is 0 Å². The first-order chi connectivity index (χ1) is 13.0. The Morgan fingerprint density at radius 3 is 2.25 bits per heavy atom. The third kappa shape index (κ3) is 4.04. The summed E-state index contributed by atoms with van der Waals surface area (Å²) in [6, 6.07) is 6.64. The second kappa shape index (κ2) is 7.81. The number of nitriles is 1. The van der Waals surface area contributed by atoms with Crippen molar-refractivity contribution in [2.45, 2.75) is 13.1 Å². The number of alkyl halides is 3. The number of rotatable bonds is 5. The molecule has 0 spiro atoms. The molecular weight excluding hydrogens is 449 g/mol. The highest BCUT2D eigenvalue weighted by molar-refractivity contribution is 9.10. The molecule has 0 aliphatic rings. The van der Waals surface area contributed by atoms with E-state index in [1.165, 1.54) is 25.1 Å². The maximum atomic E-state index is 13.6. The van der Waals surface area contributed by atoms with Gasteiger partial charge in [0.1, 0.15) is 5.69 Å². The number of nitro groups is 2. The molecule has 146 valence electrons. The van der Waals surface area contributed by atoms with Gasteiger partial charge < -0.3 is 4.90 Å². The number of hydrogen-bond donors (Lipinski definition) is 0. The molecule has 12 heteroatoms. The summed E-state index contributed by atoms with van der Waals surface area (Å²) in [6.45, 7) is 1.35. The first-order valence-corrected chi connectivity index (χ1v) is 8.31. The normalized spacial score (nSPS) is 11.0. The molecule has 0 aromatic heterocycles. The van der Waals surface area contributed by atoms with Crippen molar-refractivity contribution in [3.05, 3.63) is 66.2 Å². The Morgan fingerprint density at radius 1 is 1.18 bits per heavy atom. The molecule has 0 radical (unpaired) electrons. The van der Waals surface area contributed by atoms with Crippen molar-refractivity contribution in [3.8, 4) is 6.07 Å². The average molecular weight is 459 g/mol. The topological polar surface area (TPSA) is 113 Å². The van der Waals surface area contributed by atoms with Crippen LogP contribution in [0.4, 0.5) is 35.9 Å². The number of non-ortho nitro benzene ring substituents is 1. The van der Waals surface area contributed by atoms with Crippen LogP contribution in [-0.4, -0.2) is 16.4 Å². The van der Waals surface area contributed by atoms with Gasteiger partial charge in [0.15, 0.2) is 0 Å². The molecule has 0 amide bonds. The summed E-state index contributed by atoms with van der Waals surface area (Å²) in [4.78, 5) is 21.2. The number of nitro benzene ring substituents is 2. The molecule has 0 aliphatic heterocycles. The van der Waals surface area contributed by atoms with E-state index in [2.05, 4.69) is 15.9 Å². The van der Waals surface area contributed by atoms with Crippen LogP contribution in [0.25, 0.3) is 0 Å². The number of anilines is 2. The standard InChI is InChI=1S/C16H10BrF3N4O4/c1-2-22(13-4-3-9(8-21)5-12(13)17)15-11(16(18,19)20)6-10(23(25)26)7-14(15)24(27)28/h3-7H,2H2,1H3. The summed E-state index contributed by atoms with van der Waals surface area (Å²) in [5, 5.41) is 31.3. The molecule has 2 rings (SSSR count). The molecule has 2 aromatic carbocycles. The van der Waals surface area contributed by atoms with Crippen LogP contribution in [0.1, 0.15) is 18.1 Å². The lowest BCUT2D eigenvalue weighted by atomic mass is 10.1. The van der Waals surface area contributed by atoms with E-state index in [1.54, 1.807) is 0 Å². The quantitative estimate of drug-likeness (QED) is 0.442. The Bertz CT molecular complexity index is 1000. The number of nitrogens with zero attached hydrogens (tertiary/aromatic N) is 4. The first-order valence-electron chi connectivity index (χ1n) is 7.52. The SMILES string of the molecule is CCN(c1ccc(C#N)cc1Br)c1c([N+](=O)[O-])cc([N+](=O)[O-])cc1C(F)(F)F. The maximum absolute atomic E-state index is 13.6. The molecule has 0 bridgehead atoms. The van der Waals surface area contributed by atoms with Crippen molar-refractivity contribution in [1.82, 2.24) is 0 Å². The van der Waals surface area contributed by atoms with Gasteiger partial charge in [0.25, 0.3) is 11.4 Å². The van der Waals surface area contributed by atoms with Gasteiger partial charge in [0.2, 0.25) is 0 Å². The lowest BCUT2D eigenvalue weighted by Crippen LogP contribution is -2.23. The molecule has 8 nitrogen and oxygen atoms in total. The second-order valence-electron chi connectivity index (χ2n) is 5.40. The summed E-state index contributed by atoms with van der Waals surface area (Å²) < 4.78 is 41.2. The van der Waals surface area contributed by atoms with Crippen LogP contribution in [-0.2, 0) is 6.18 Å². The van der Waals surface area contributed by atoms with E-state index < -0.39 is 38.6 Å². The van der Waals surface area contributed by atoms with Gasteiger partial charge in [0.05, 0.1) is 38.8 Å². The second-order valence-corrected chi connectivity index (χ2v) is 6.25. The van der Waals surface area contributed by atoms with Gasteiger partial charge in [-0.25, -0.2) is 0 Å². The van der Waals surface area contributed by atoms with Crippen LogP contribution in [0.5, 0.6) is 0 Å². The Labute approximate surface area is 164 Å². The van der Waals surface area contributed by atoms with Gasteiger partial charge >= 0.3 is 6.18 Å². The van der Waals surface area contributed by atoms with Crippen molar-refractivity contribution in [2.24, 2.45) is 0 Å². The molecule has 0 heterocycles. The zero-order valence-corrected chi connectivity index (χ0v) is 15.6. The van der Waals surface area contributed by atoms with E-state index in [1.807, 2.05) is 6.07 Å². The number of hydrogen-bond acceptors (Lipinski definition) is 6. The first kappa shape index (κ1) is 21.1. The zero-order valence-electron chi connectivity index (χ0n) is 14.0. The fourth-order valence-electron chi connectivity index (χ4n) is 2.59. The summed E-state index contributed by atoms with van der Waals surface area (Å²) in [7, 11) is 0. The third-order valence-electron chi connectivity index (χ3n) is 3.74. The Kier molecular flexibility index (Phi) is 5.89. The monoisotopic (exact) mass is 458 g/mol. The fraction of sp³-hybridized carbons (Fsp3) is 0.188. The van der Waals surface area contributed by atoms with Crippen LogP contribution in [0.2, 0.25) is 0 Å². The highest BCUT2D eigenvalue weighted by Crippen LogP contribution is 2.47. The zero-order chi connectivity index (χ0) is 21.2. The van der Waals surface area contributed by atoms with Crippen molar-refractivity contribution >= 4 is 38.7 Å². The van der Waals surface area contributed by atoms with Gasteiger partial charge in [0, 0.05) is 17.1 Å². The summed E-state index contributed by atoms with van der Waals surface area (Å²) in [5.41, 5.74) is -4.08. The third-order valence-corrected chi connectivity index (χ3v) is 4.38. The van der Waals surface area contributed by atoms with Gasteiger partial charge in [-0.05, 0) is 41.1 Å². The molecule has 2 aromatic rings. The van der Waals surface area contributed by atoms with Gasteiger partial charge in [-0.2, -0.15) is 18.4 Å². The van der Waals surface area contributed by atoms with E-state index in [4.69, 9.17) is 5.26 Å². The molecule has 0 fully saturated rings. The fourth-order valence-corrected chi connectivity index (χ4v) is 3.19. The summed E-state index contributed by atoms with van der Waals surface area (Å²) in [6.07, 6.45) is -5.08. The van der Waals surface area contributed by atoms with Crippen molar-refractivity contribution in [3.63, 3.8) is 0 Å². The molecule has 0 saturated carbocycles. The van der Waals surface area contributed by atoms with E-state index in [-0.39, 0.29) is 28.3 Å². The van der Waals surface area contributed by atoms with Crippen molar-refractivity contribution in [1.29, 1.82) is 5.26 Å². The van der Waals surface area contributed by atoms with Crippen molar-refractivity contribution in [2.75, 3.05) is 11.4 Å². The van der Waals surface area contributed by atoms with E-state index in [0.29, 0.717) is 6.07 Å². The van der Waals surface area contributed by atoms with Crippen LogP contribution in [0, 0.1) is 31.6 Å². The molecular formula is C16H10BrF3N4O4. The van der Waals surface area contributed by atoms with E-state index in [9.17, 15) is 33.4 Å². The minimum absolute atomic E-state index is 0.119. The average Bonchev–Trinajstić information content (AvgIpc) is 2.62. The molecule has 0 aliphatic carbocycles. The minimum Gasteiger partial charge on any atom is -0.335 e. The Balaban J connectivity index is 2.89. The predicted molar refractivity (Wildman–Crippen MR) is 96.3 cm³/mol. The summed E-state index contributed by atoms with van der Waals surface area (Å²) >= 11 is 3.15. The summed E-state index contributed by atoms with van der Waals surface area (Å²) in [5.74, 6) is 0.